The van der Waals surface area contributed by atoms with Crippen LogP contribution in [-0.4, -0.2) is 27.0 Å². The predicted molar refractivity (Wildman–Crippen MR) is 80.8 cm³/mol. The first-order valence-electron chi connectivity index (χ1n) is 5.85. The Labute approximate surface area is 128 Å². The third-order valence-corrected chi connectivity index (χ3v) is 2.91. The number of benzene rings is 1. The van der Waals surface area contributed by atoms with E-state index in [1.807, 2.05) is 24.3 Å². The van der Waals surface area contributed by atoms with Gasteiger partial charge in [0.25, 0.3) is 0 Å². The maximum absolute atomic E-state index is 11.8. The van der Waals surface area contributed by atoms with Gasteiger partial charge in [0.15, 0.2) is 11.5 Å². The molecule has 2 N–H and O–H groups in total. The molecule has 2 aromatic rings. The summed E-state index contributed by atoms with van der Waals surface area (Å²) in [7, 11) is 0. The quantitative estimate of drug-likeness (QED) is 0.829. The number of aromatic carboxylic acids is 1. The van der Waals surface area contributed by atoms with E-state index in [-0.39, 0.29) is 11.5 Å². The first-order chi connectivity index (χ1) is 10.1. The Morgan fingerprint density at radius 2 is 2.00 bits per heavy atom. The van der Waals surface area contributed by atoms with E-state index >= 15 is 0 Å². The maximum Gasteiger partial charge on any atom is 0.358 e. The molecule has 0 aliphatic heterocycles. The molecule has 1 aromatic heterocycles. The topological polar surface area (TPSA) is 92.2 Å². The fourth-order valence-corrected chi connectivity index (χ4v) is 1.94. The summed E-state index contributed by atoms with van der Waals surface area (Å²) in [4.78, 5) is 30.2. The van der Waals surface area contributed by atoms with E-state index in [1.54, 1.807) is 6.08 Å². The van der Waals surface area contributed by atoms with Gasteiger partial charge in [-0.15, -0.1) is 0 Å². The molecule has 0 atom stereocenters. The molecule has 0 unspecified atom stereocenters. The summed E-state index contributed by atoms with van der Waals surface area (Å²) in [6, 6.07) is 7.39. The Bertz CT molecular complexity index is 716. The van der Waals surface area contributed by atoms with E-state index in [4.69, 9.17) is 5.11 Å². The fourth-order valence-electron chi connectivity index (χ4n) is 1.53. The van der Waals surface area contributed by atoms with Crippen molar-refractivity contribution in [2.45, 2.75) is 0 Å². The molecule has 0 saturated carbocycles. The lowest BCUT2D eigenvalue weighted by molar-refractivity contribution is -0.111. The van der Waals surface area contributed by atoms with Crippen LogP contribution >= 0.6 is 15.9 Å². The third-order valence-electron chi connectivity index (χ3n) is 2.42. The second-order valence-electron chi connectivity index (χ2n) is 3.94. The first-order valence-corrected chi connectivity index (χ1v) is 6.64. The Morgan fingerprint density at radius 1 is 1.24 bits per heavy atom. The van der Waals surface area contributed by atoms with Crippen molar-refractivity contribution in [3.8, 4) is 0 Å². The number of anilines is 1. The number of nitrogens with zero attached hydrogens (tertiary/aromatic N) is 2. The molecule has 106 valence electrons. The predicted octanol–water partition coefficient (Wildman–Crippen LogP) is 2.59. The third kappa shape index (κ3) is 4.22. The summed E-state index contributed by atoms with van der Waals surface area (Å²) >= 11 is 3.33. The van der Waals surface area contributed by atoms with Crippen molar-refractivity contribution >= 4 is 39.7 Å². The number of rotatable bonds is 4. The fraction of sp³-hybridized carbons (Fsp3) is 0. The van der Waals surface area contributed by atoms with Crippen LogP contribution in [0, 0.1) is 0 Å². The van der Waals surface area contributed by atoms with Crippen LogP contribution in [0.5, 0.6) is 0 Å². The van der Waals surface area contributed by atoms with E-state index < -0.39 is 11.9 Å². The molecular weight excluding hydrogens is 338 g/mol. The number of amides is 1. The number of nitrogens with one attached hydrogen (secondary N) is 1. The lowest BCUT2D eigenvalue weighted by atomic mass is 10.2. The molecular formula is C14H10BrN3O3. The summed E-state index contributed by atoms with van der Waals surface area (Å²) in [6.45, 7) is 0. The van der Waals surface area contributed by atoms with Gasteiger partial charge in [-0.25, -0.2) is 14.8 Å². The number of carbonyl (C=O) groups is 2. The van der Waals surface area contributed by atoms with Crippen LogP contribution in [0.2, 0.25) is 0 Å². The van der Waals surface area contributed by atoms with Crippen LogP contribution in [0.25, 0.3) is 6.08 Å². The monoisotopic (exact) mass is 347 g/mol. The van der Waals surface area contributed by atoms with E-state index in [0.717, 1.165) is 10.0 Å². The standard InChI is InChI=1S/C14H10BrN3O3/c15-10-3-1-2-9(8-10)4-5-11(19)18-13-12(14(20)21)16-6-7-17-13/h1-8H,(H,20,21)(H,17,18,19). The summed E-state index contributed by atoms with van der Waals surface area (Å²) in [5.41, 5.74) is 0.527. The zero-order valence-electron chi connectivity index (χ0n) is 10.7. The zero-order chi connectivity index (χ0) is 15.2. The van der Waals surface area contributed by atoms with Gasteiger partial charge in [-0.1, -0.05) is 28.1 Å². The molecule has 0 aliphatic carbocycles. The Hall–Kier alpha value is -2.54. The average molecular weight is 348 g/mol. The average Bonchev–Trinajstić information content (AvgIpc) is 2.45. The molecule has 0 fully saturated rings. The second kappa shape index (κ2) is 6.76. The number of hydrogen-bond acceptors (Lipinski definition) is 4. The van der Waals surface area contributed by atoms with E-state index in [9.17, 15) is 9.59 Å². The Kier molecular flexibility index (Phi) is 4.78. The van der Waals surface area contributed by atoms with Gasteiger partial charge in [-0.2, -0.15) is 0 Å². The van der Waals surface area contributed by atoms with Gasteiger partial charge in [-0.05, 0) is 23.8 Å². The number of aromatic nitrogens is 2. The van der Waals surface area contributed by atoms with E-state index in [0.29, 0.717) is 0 Å². The summed E-state index contributed by atoms with van der Waals surface area (Å²) in [5, 5.41) is 11.3. The van der Waals surface area contributed by atoms with Gasteiger partial charge in [-0.3, -0.25) is 4.79 Å². The van der Waals surface area contributed by atoms with Gasteiger partial charge in [0.2, 0.25) is 5.91 Å². The minimum absolute atomic E-state index is 0.0890. The van der Waals surface area contributed by atoms with Gasteiger partial charge in [0.05, 0.1) is 0 Å². The molecule has 1 amide bonds. The van der Waals surface area contributed by atoms with Crippen molar-refractivity contribution < 1.29 is 14.7 Å². The number of halogens is 1. The lowest BCUT2D eigenvalue weighted by Gasteiger charge is -2.03. The molecule has 21 heavy (non-hydrogen) atoms. The van der Waals surface area contributed by atoms with Crippen molar-refractivity contribution in [3.63, 3.8) is 0 Å². The highest BCUT2D eigenvalue weighted by Gasteiger charge is 2.13. The van der Waals surface area contributed by atoms with Crippen LogP contribution in [0.3, 0.4) is 0 Å². The molecule has 2 rings (SSSR count). The molecule has 1 heterocycles. The SMILES string of the molecule is O=C(C=Cc1cccc(Br)c1)Nc1nccnc1C(=O)O. The van der Waals surface area contributed by atoms with E-state index in [2.05, 4.69) is 31.2 Å². The largest absolute Gasteiger partial charge is 0.476 e. The van der Waals surface area contributed by atoms with Crippen molar-refractivity contribution in [1.29, 1.82) is 0 Å². The Balaban J connectivity index is 2.10. The highest BCUT2D eigenvalue weighted by molar-refractivity contribution is 9.10. The van der Waals surface area contributed by atoms with Crippen LogP contribution in [0.15, 0.2) is 47.2 Å². The van der Waals surface area contributed by atoms with Crippen LogP contribution < -0.4 is 5.32 Å². The van der Waals surface area contributed by atoms with Crippen LogP contribution in [0.4, 0.5) is 5.82 Å². The van der Waals surface area contributed by atoms with Crippen molar-refractivity contribution in [2.75, 3.05) is 5.32 Å². The molecule has 6 nitrogen and oxygen atoms in total. The number of carboxylic acids is 1. The highest BCUT2D eigenvalue weighted by Crippen LogP contribution is 2.13. The lowest BCUT2D eigenvalue weighted by Crippen LogP contribution is -2.14. The molecule has 0 radical (unpaired) electrons. The summed E-state index contributed by atoms with van der Waals surface area (Å²) in [6.07, 6.45) is 5.45. The molecule has 0 bridgehead atoms. The van der Waals surface area contributed by atoms with Crippen LogP contribution in [0.1, 0.15) is 16.1 Å². The second-order valence-corrected chi connectivity index (χ2v) is 4.85. The normalized spacial score (nSPS) is 10.5. The number of carbonyl (C=O) groups excluding carboxylic acids is 1. The number of hydrogen-bond donors (Lipinski definition) is 2. The van der Waals surface area contributed by atoms with Crippen molar-refractivity contribution in [1.82, 2.24) is 9.97 Å². The maximum atomic E-state index is 11.8. The minimum atomic E-state index is -1.26. The van der Waals surface area contributed by atoms with Gasteiger partial charge < -0.3 is 10.4 Å². The van der Waals surface area contributed by atoms with Crippen molar-refractivity contribution in [2.24, 2.45) is 0 Å². The van der Waals surface area contributed by atoms with Gasteiger partial charge in [0, 0.05) is 22.9 Å². The van der Waals surface area contributed by atoms with E-state index in [1.165, 1.54) is 18.5 Å². The Morgan fingerprint density at radius 3 is 2.71 bits per heavy atom. The molecule has 0 saturated heterocycles. The molecule has 7 heteroatoms. The smallest absolute Gasteiger partial charge is 0.358 e. The summed E-state index contributed by atoms with van der Waals surface area (Å²) in [5.74, 6) is -1.83. The number of carboxylic acid groups (broad SMARTS) is 1. The summed E-state index contributed by atoms with van der Waals surface area (Å²) < 4.78 is 0.896. The van der Waals surface area contributed by atoms with Gasteiger partial charge >= 0.3 is 5.97 Å². The minimum Gasteiger partial charge on any atom is -0.476 e. The zero-order valence-corrected chi connectivity index (χ0v) is 12.2. The molecule has 0 aliphatic rings. The first kappa shape index (κ1) is 14.9. The van der Waals surface area contributed by atoms with Crippen LogP contribution in [-0.2, 0) is 4.79 Å². The molecule has 1 aromatic carbocycles. The molecule has 0 spiro atoms. The van der Waals surface area contributed by atoms with Gasteiger partial charge in [0.1, 0.15) is 0 Å². The highest BCUT2D eigenvalue weighted by atomic mass is 79.9. The van der Waals surface area contributed by atoms with Crippen molar-refractivity contribution in [3.05, 3.63) is 58.5 Å².